The number of carbonyl (C=O) groups is 1. The molecule has 5 rings (SSSR count). The fourth-order valence-corrected chi connectivity index (χ4v) is 4.38. The third-order valence-corrected chi connectivity index (χ3v) is 6.26. The minimum Gasteiger partial charge on any atom is -0.463 e. The number of fused-ring (bicyclic) bond motifs is 2. The van der Waals surface area contributed by atoms with Crippen molar-refractivity contribution in [1.82, 2.24) is 4.98 Å². The Morgan fingerprint density at radius 1 is 1.14 bits per heavy atom. The Balaban J connectivity index is 1.51. The van der Waals surface area contributed by atoms with Crippen molar-refractivity contribution in [3.8, 4) is 0 Å². The summed E-state index contributed by atoms with van der Waals surface area (Å²) in [6, 6.07) is 16.4. The maximum atomic E-state index is 13.7. The molecule has 182 valence electrons. The van der Waals surface area contributed by atoms with Gasteiger partial charge in [-0.15, -0.1) is 0 Å². The van der Waals surface area contributed by atoms with Gasteiger partial charge in [0, 0.05) is 18.2 Å². The number of aromatic nitrogens is 1. The number of rotatable bonds is 6. The van der Waals surface area contributed by atoms with Crippen LogP contribution in [0, 0.1) is 15.9 Å². The van der Waals surface area contributed by atoms with E-state index in [0.29, 0.717) is 26.7 Å². The second kappa shape index (κ2) is 9.91. The van der Waals surface area contributed by atoms with Gasteiger partial charge in [-0.3, -0.25) is 19.7 Å². The molecule has 0 radical (unpaired) electrons. The van der Waals surface area contributed by atoms with Crippen LogP contribution in [-0.2, 0) is 4.79 Å². The number of hydrogen-bond acceptors (Lipinski definition) is 8. The molecule has 11 heteroatoms. The number of amides is 1. The van der Waals surface area contributed by atoms with Gasteiger partial charge in [0.05, 0.1) is 32.3 Å². The summed E-state index contributed by atoms with van der Waals surface area (Å²) < 4.78 is 19.7. The highest BCUT2D eigenvalue weighted by Crippen LogP contribution is 2.30. The summed E-state index contributed by atoms with van der Waals surface area (Å²) in [6.07, 6.45) is 5.12. The van der Waals surface area contributed by atoms with Crippen LogP contribution in [0.3, 0.4) is 0 Å². The number of benzene rings is 3. The van der Waals surface area contributed by atoms with Crippen LogP contribution in [-0.4, -0.2) is 22.0 Å². The first-order valence-electron chi connectivity index (χ1n) is 10.8. The molecule has 0 spiro atoms. The van der Waals surface area contributed by atoms with Crippen LogP contribution in [0.25, 0.3) is 27.3 Å². The largest absolute Gasteiger partial charge is 0.463 e. The molecule has 1 amide bonds. The SMILES string of the molecule is O=C(/C=C/c1ccc([N+](=O)[O-])cc1)N(/N=C/c1coc2ccccc2c1=O)c1nc2ccc(F)cc2s1. The predicted octanol–water partition coefficient (Wildman–Crippen LogP) is 5.53. The molecule has 3 aromatic carbocycles. The van der Waals surface area contributed by atoms with Gasteiger partial charge in [0.25, 0.3) is 11.6 Å². The summed E-state index contributed by atoms with van der Waals surface area (Å²) in [5, 5.41) is 16.6. The van der Waals surface area contributed by atoms with E-state index in [4.69, 9.17) is 4.42 Å². The van der Waals surface area contributed by atoms with Crippen molar-refractivity contribution in [2.45, 2.75) is 0 Å². The quantitative estimate of drug-likeness (QED) is 0.127. The number of hydrazone groups is 1. The van der Waals surface area contributed by atoms with Crippen molar-refractivity contribution in [2.24, 2.45) is 5.10 Å². The molecule has 2 aromatic heterocycles. The molecule has 0 atom stereocenters. The molecule has 2 heterocycles. The van der Waals surface area contributed by atoms with Crippen LogP contribution in [0.1, 0.15) is 11.1 Å². The monoisotopic (exact) mass is 514 g/mol. The molecule has 0 aliphatic rings. The van der Waals surface area contributed by atoms with Crippen molar-refractivity contribution in [1.29, 1.82) is 0 Å². The molecule has 0 saturated carbocycles. The van der Waals surface area contributed by atoms with Gasteiger partial charge in [-0.25, -0.2) is 9.37 Å². The number of nitrogens with zero attached hydrogens (tertiary/aromatic N) is 4. The average Bonchev–Trinajstić information content (AvgIpc) is 3.32. The zero-order valence-corrected chi connectivity index (χ0v) is 19.6. The number of nitro groups is 1. The first kappa shape index (κ1) is 23.7. The molecule has 0 saturated heterocycles. The van der Waals surface area contributed by atoms with Gasteiger partial charge in [-0.2, -0.15) is 10.1 Å². The fourth-order valence-electron chi connectivity index (χ4n) is 3.42. The topological polar surface area (TPSA) is 119 Å². The van der Waals surface area contributed by atoms with E-state index in [0.717, 1.165) is 16.3 Å². The molecule has 9 nitrogen and oxygen atoms in total. The van der Waals surface area contributed by atoms with Crippen molar-refractivity contribution in [3.05, 3.63) is 116 Å². The van der Waals surface area contributed by atoms with E-state index in [-0.39, 0.29) is 21.8 Å². The third-order valence-electron chi connectivity index (χ3n) is 5.27. The molecular weight excluding hydrogens is 499 g/mol. The Morgan fingerprint density at radius 2 is 1.92 bits per heavy atom. The number of halogens is 1. The van der Waals surface area contributed by atoms with E-state index < -0.39 is 16.6 Å². The Morgan fingerprint density at radius 3 is 2.70 bits per heavy atom. The van der Waals surface area contributed by atoms with Crippen molar-refractivity contribution in [3.63, 3.8) is 0 Å². The smallest absolute Gasteiger partial charge is 0.273 e. The Kier molecular flexibility index (Phi) is 6.35. The zero-order chi connectivity index (χ0) is 25.9. The van der Waals surface area contributed by atoms with Gasteiger partial charge >= 0.3 is 0 Å². The van der Waals surface area contributed by atoms with Gasteiger partial charge in [-0.05, 0) is 54.1 Å². The Labute approximate surface area is 211 Å². The molecule has 0 N–H and O–H groups in total. The first-order valence-corrected chi connectivity index (χ1v) is 11.6. The lowest BCUT2D eigenvalue weighted by molar-refractivity contribution is -0.384. The maximum Gasteiger partial charge on any atom is 0.273 e. The Bertz CT molecular complexity index is 1780. The molecule has 0 unspecified atom stereocenters. The summed E-state index contributed by atoms with van der Waals surface area (Å²) in [4.78, 5) is 40.7. The van der Waals surface area contributed by atoms with Crippen molar-refractivity contribution < 1.29 is 18.5 Å². The van der Waals surface area contributed by atoms with E-state index in [2.05, 4.69) is 10.1 Å². The highest BCUT2D eigenvalue weighted by molar-refractivity contribution is 7.22. The van der Waals surface area contributed by atoms with E-state index in [9.17, 15) is 24.1 Å². The number of non-ortho nitro benzene ring substituents is 1. The molecule has 37 heavy (non-hydrogen) atoms. The summed E-state index contributed by atoms with van der Waals surface area (Å²) in [5.74, 6) is -1.06. The number of hydrogen-bond donors (Lipinski definition) is 0. The van der Waals surface area contributed by atoms with Crippen molar-refractivity contribution >= 4 is 61.5 Å². The number of nitro benzene ring substituents is 1. The van der Waals surface area contributed by atoms with Gasteiger partial charge in [0.2, 0.25) is 10.6 Å². The lowest BCUT2D eigenvalue weighted by atomic mass is 10.2. The maximum absolute atomic E-state index is 13.7. The van der Waals surface area contributed by atoms with Crippen LogP contribution >= 0.6 is 11.3 Å². The highest BCUT2D eigenvalue weighted by Gasteiger charge is 2.18. The lowest BCUT2D eigenvalue weighted by Gasteiger charge is -2.11. The van der Waals surface area contributed by atoms with Gasteiger partial charge < -0.3 is 4.42 Å². The van der Waals surface area contributed by atoms with Crippen LogP contribution in [0.5, 0.6) is 0 Å². The van der Waals surface area contributed by atoms with E-state index in [1.807, 2.05) is 0 Å². The Hall–Kier alpha value is -5.03. The van der Waals surface area contributed by atoms with Gasteiger partial charge in [-0.1, -0.05) is 23.5 Å². The molecule has 5 aromatic rings. The van der Waals surface area contributed by atoms with E-state index in [1.165, 1.54) is 67.1 Å². The first-order chi connectivity index (χ1) is 17.9. The molecule has 0 aliphatic carbocycles. The minimum absolute atomic E-state index is 0.0781. The third kappa shape index (κ3) is 5.02. The summed E-state index contributed by atoms with van der Waals surface area (Å²) in [5.41, 5.74) is 1.14. The van der Waals surface area contributed by atoms with E-state index >= 15 is 0 Å². The second-order valence-electron chi connectivity index (χ2n) is 7.70. The highest BCUT2D eigenvalue weighted by atomic mass is 32.1. The molecule has 0 aliphatic heterocycles. The molecular formula is C26H15FN4O5S. The van der Waals surface area contributed by atoms with Crippen LogP contribution in [0.4, 0.5) is 15.2 Å². The number of thiazole rings is 1. The van der Waals surface area contributed by atoms with Crippen LogP contribution in [0.2, 0.25) is 0 Å². The average molecular weight is 514 g/mol. The van der Waals surface area contributed by atoms with Crippen molar-refractivity contribution in [2.75, 3.05) is 5.01 Å². The lowest BCUT2D eigenvalue weighted by Crippen LogP contribution is -2.24. The van der Waals surface area contributed by atoms with Gasteiger partial charge in [0.15, 0.2) is 0 Å². The molecule has 0 bridgehead atoms. The van der Waals surface area contributed by atoms with E-state index in [1.54, 1.807) is 24.3 Å². The summed E-state index contributed by atoms with van der Waals surface area (Å²) in [6.45, 7) is 0. The standard InChI is InChI=1S/C26H15FN4O5S/c27-18-8-11-21-23(13-18)37-26(29-21)30(24(32)12-7-16-5-9-19(10-6-16)31(34)35)28-14-17-15-36-22-4-2-1-3-20(22)25(17)33/h1-15H/b12-7+,28-14+. The van der Waals surface area contributed by atoms with Gasteiger partial charge in [0.1, 0.15) is 17.7 Å². The zero-order valence-electron chi connectivity index (χ0n) is 18.8. The minimum atomic E-state index is -0.612. The number of para-hydroxylation sites is 1. The summed E-state index contributed by atoms with van der Waals surface area (Å²) in [7, 11) is 0. The number of carbonyl (C=O) groups excluding carboxylic acids is 1. The second-order valence-corrected chi connectivity index (χ2v) is 8.71. The fraction of sp³-hybridized carbons (Fsp3) is 0. The summed E-state index contributed by atoms with van der Waals surface area (Å²) >= 11 is 1.05. The number of anilines is 1. The normalized spacial score (nSPS) is 11.6. The van der Waals surface area contributed by atoms with Crippen LogP contribution < -0.4 is 10.4 Å². The molecule has 0 fully saturated rings. The predicted molar refractivity (Wildman–Crippen MR) is 139 cm³/mol. The van der Waals surface area contributed by atoms with Crippen LogP contribution in [0.15, 0.2) is 93.4 Å².